The molecule has 2 atom stereocenters. The zero-order valence-electron chi connectivity index (χ0n) is 62.7. The first-order valence-electron chi connectivity index (χ1n) is 37.4. The summed E-state index contributed by atoms with van der Waals surface area (Å²) >= 11 is 0. The van der Waals surface area contributed by atoms with Gasteiger partial charge in [-0.05, 0) is 227 Å². The van der Waals surface area contributed by atoms with Crippen molar-refractivity contribution >= 4 is 11.8 Å². The van der Waals surface area contributed by atoms with Crippen molar-refractivity contribution in [2.75, 3.05) is 53.6 Å². The lowest BCUT2D eigenvalue weighted by atomic mass is 9.68. The van der Waals surface area contributed by atoms with Crippen LogP contribution in [0.4, 0.5) is 0 Å². The first-order chi connectivity index (χ1) is 49.0. The standard InChI is InChI=1S/C90H108N2O10/c1-61-45-81(95-11)85(82(46-61)96-12)86-83-47-62(2)48-84(86)102-60-80-20-16-15-19-66(55-101-83)18-14-13-17-65-21-23-71(24-22-65)89(37-41-91(42-38-89)63(3)93)72-25-31-77(32-26-72)97-56-67-49-68(52-75(51-67)87(5,6)7)57-98-78-33-27-73(28-34-78)90(39-43-92(44-40-90)64(4)94)74-29-35-79(36-30-74)99-58-69-50-70(59-100-80)54-76(53-69)88(8,9)10/h21-36,45-54,66,80H,13-20,37-44,55-60H2,1-12H3. The fourth-order valence-electron chi connectivity index (χ4n) is 15.9. The Morgan fingerprint density at radius 2 is 0.794 bits per heavy atom. The van der Waals surface area contributed by atoms with Crippen LogP contribution in [0, 0.1) is 19.8 Å². The number of fused-ring (bicyclic) bond motifs is 4. The molecule has 8 aromatic rings. The van der Waals surface area contributed by atoms with Gasteiger partial charge in [0.25, 0.3) is 0 Å². The van der Waals surface area contributed by atoms with Crippen LogP contribution in [0.1, 0.15) is 198 Å². The average Bonchev–Trinajstić information content (AvgIpc) is 0.775. The highest BCUT2D eigenvalue weighted by Gasteiger charge is 2.41. The second-order valence-electron chi connectivity index (χ2n) is 31.5. The van der Waals surface area contributed by atoms with E-state index in [2.05, 4.69) is 201 Å². The van der Waals surface area contributed by atoms with Gasteiger partial charge in [-0.25, -0.2) is 0 Å². The van der Waals surface area contributed by atoms with Crippen LogP contribution in [0.2, 0.25) is 0 Å². The summed E-state index contributed by atoms with van der Waals surface area (Å²) in [6.07, 6.45) is 11.1. The second kappa shape index (κ2) is 31.9. The summed E-state index contributed by atoms with van der Waals surface area (Å²) in [4.78, 5) is 29.5. The molecule has 0 radical (unpaired) electrons. The van der Waals surface area contributed by atoms with Crippen molar-refractivity contribution < 1.29 is 47.5 Å². The fraction of sp³-hybridized carbons (Fsp3) is 0.444. The van der Waals surface area contributed by atoms with Gasteiger partial charge >= 0.3 is 0 Å². The van der Waals surface area contributed by atoms with Gasteiger partial charge in [0.2, 0.25) is 11.8 Å². The Kier molecular flexibility index (Phi) is 22.8. The molecule has 17 rings (SSSR count). The van der Waals surface area contributed by atoms with Gasteiger partial charge in [0.15, 0.2) is 0 Å². The Labute approximate surface area is 607 Å². The molecule has 9 aliphatic heterocycles. The van der Waals surface area contributed by atoms with Gasteiger partial charge in [-0.15, -0.1) is 0 Å². The predicted octanol–water partition coefficient (Wildman–Crippen LogP) is 19.4. The van der Waals surface area contributed by atoms with Crippen molar-refractivity contribution in [2.45, 2.75) is 200 Å². The number of hydrogen-bond acceptors (Lipinski definition) is 10. The van der Waals surface area contributed by atoms with Gasteiger partial charge in [-0.1, -0.05) is 152 Å². The van der Waals surface area contributed by atoms with E-state index in [1.54, 1.807) is 28.1 Å². The molecule has 0 aliphatic carbocycles. The van der Waals surface area contributed by atoms with Gasteiger partial charge in [-0.2, -0.15) is 0 Å². The minimum absolute atomic E-state index is 0.101. The average molecular weight is 1380 g/mol. The number of likely N-dealkylation sites (tertiary alicyclic amines) is 2. The highest BCUT2D eigenvalue weighted by molar-refractivity contribution is 5.86. The van der Waals surface area contributed by atoms with Gasteiger partial charge in [0, 0.05) is 50.9 Å². The highest BCUT2D eigenvalue weighted by Crippen LogP contribution is 2.50. The largest absolute Gasteiger partial charge is 0.496 e. The molecule has 16 bridgehead atoms. The molecule has 0 saturated carbocycles. The van der Waals surface area contributed by atoms with Gasteiger partial charge < -0.3 is 47.7 Å². The maximum absolute atomic E-state index is 12.8. The predicted molar refractivity (Wildman–Crippen MR) is 407 cm³/mol. The van der Waals surface area contributed by atoms with E-state index in [-0.39, 0.29) is 39.6 Å². The number of ether oxygens (including phenoxy) is 8. The van der Waals surface area contributed by atoms with Crippen molar-refractivity contribution in [1.29, 1.82) is 0 Å². The van der Waals surface area contributed by atoms with Crippen LogP contribution >= 0.6 is 0 Å². The Hall–Kier alpha value is -8.74. The van der Waals surface area contributed by atoms with Crippen LogP contribution in [0.3, 0.4) is 0 Å². The van der Waals surface area contributed by atoms with E-state index < -0.39 is 0 Å². The summed E-state index contributed by atoms with van der Waals surface area (Å²) in [6.45, 7) is 26.3. The molecule has 12 heteroatoms. The number of carbonyl (C=O) groups excluding carboxylic acids is 2. The normalized spacial score (nSPS) is 18.7. The van der Waals surface area contributed by atoms with Crippen LogP contribution in [0.5, 0.6) is 40.2 Å². The molecule has 2 saturated heterocycles. The number of nitrogens with zero attached hydrogens (tertiary/aromatic N) is 2. The van der Waals surface area contributed by atoms with E-state index >= 15 is 0 Å². The smallest absolute Gasteiger partial charge is 0.219 e. The van der Waals surface area contributed by atoms with Crippen LogP contribution < -0.4 is 33.2 Å². The molecule has 2 unspecified atom stereocenters. The number of methoxy groups -OCH3 is 2. The summed E-state index contributed by atoms with van der Waals surface area (Å²) < 4.78 is 53.5. The third-order valence-corrected chi connectivity index (χ3v) is 22.1. The van der Waals surface area contributed by atoms with E-state index in [1.807, 2.05) is 21.9 Å². The Balaban J connectivity index is 0.868. The van der Waals surface area contributed by atoms with Crippen molar-refractivity contribution in [3.8, 4) is 51.4 Å². The van der Waals surface area contributed by atoms with Crippen molar-refractivity contribution in [1.82, 2.24) is 9.80 Å². The Morgan fingerprint density at radius 1 is 0.422 bits per heavy atom. The molecule has 0 N–H and O–H groups in total. The van der Waals surface area contributed by atoms with E-state index in [0.29, 0.717) is 89.0 Å². The molecule has 9 heterocycles. The van der Waals surface area contributed by atoms with E-state index in [0.717, 1.165) is 145 Å². The molecule has 2 fully saturated rings. The zero-order chi connectivity index (χ0) is 71.8. The third-order valence-electron chi connectivity index (χ3n) is 22.1. The number of carbonyl (C=O) groups is 2. The van der Waals surface area contributed by atoms with Gasteiger partial charge in [-0.3, -0.25) is 9.59 Å². The van der Waals surface area contributed by atoms with E-state index in [4.69, 9.17) is 37.9 Å². The first kappa shape index (κ1) is 73.0. The lowest BCUT2D eigenvalue weighted by molar-refractivity contribution is -0.131. The van der Waals surface area contributed by atoms with E-state index in [9.17, 15) is 9.59 Å². The highest BCUT2D eigenvalue weighted by atomic mass is 16.5. The SMILES string of the molecule is COc1cc(C)cc(OC)c1-c1c2cc(C)cc1OCC1CCCCC(CCCCc3ccc(cc3)C3(CCN(C(C)=O)CC3)c3ccc(cc3)OCc3cc(cc(C(C)(C)C)c3)COc3ccc(cc3)C3(CCN(C(C)=O)CC3)c3ccc(cc3)OCc3cc(cc(C(C)(C)C)c3)CO1)CO2. The molecule has 102 heavy (non-hydrogen) atoms. The molecule has 8 aromatic carbocycles. The fourth-order valence-corrected chi connectivity index (χ4v) is 15.9. The minimum atomic E-state index is -0.328. The van der Waals surface area contributed by atoms with Crippen LogP contribution in [-0.2, 0) is 68.8 Å². The lowest BCUT2D eigenvalue weighted by Crippen LogP contribution is -2.45. The molecule has 12 nitrogen and oxygen atoms in total. The molecular weight excluding hydrogens is 1270 g/mol. The molecule has 538 valence electrons. The number of amides is 2. The minimum Gasteiger partial charge on any atom is -0.496 e. The molecule has 2 spiro atoms. The zero-order valence-corrected chi connectivity index (χ0v) is 62.7. The number of aryl methyl sites for hydroxylation is 3. The van der Waals surface area contributed by atoms with Crippen molar-refractivity contribution in [3.63, 3.8) is 0 Å². The summed E-state index contributed by atoms with van der Waals surface area (Å²) in [6, 6.07) is 57.3. The van der Waals surface area contributed by atoms with Crippen LogP contribution in [0.25, 0.3) is 11.1 Å². The Bertz CT molecular complexity index is 4140. The second-order valence-corrected chi connectivity index (χ2v) is 31.5. The lowest BCUT2D eigenvalue weighted by Gasteiger charge is -2.42. The maximum Gasteiger partial charge on any atom is 0.219 e. The van der Waals surface area contributed by atoms with Gasteiger partial charge in [0.1, 0.15) is 66.7 Å². The van der Waals surface area contributed by atoms with Crippen LogP contribution in [0.15, 0.2) is 158 Å². The van der Waals surface area contributed by atoms with E-state index in [1.165, 1.54) is 38.9 Å². The Morgan fingerprint density at radius 3 is 1.20 bits per heavy atom. The maximum atomic E-state index is 12.8. The topological polar surface area (TPSA) is 114 Å². The quantitative estimate of drug-likeness (QED) is 0.169. The van der Waals surface area contributed by atoms with Gasteiger partial charge in [0.05, 0.1) is 44.7 Å². The first-order valence-corrected chi connectivity index (χ1v) is 37.4. The third kappa shape index (κ3) is 17.3. The summed E-state index contributed by atoms with van der Waals surface area (Å²) in [5.41, 5.74) is 15.8. The molecular formula is C90H108N2O10. The number of benzene rings is 8. The monoisotopic (exact) mass is 1380 g/mol. The summed E-state index contributed by atoms with van der Waals surface area (Å²) in [5, 5.41) is 0. The van der Waals surface area contributed by atoms with Crippen molar-refractivity contribution in [2.24, 2.45) is 5.92 Å². The van der Waals surface area contributed by atoms with Crippen LogP contribution in [-0.4, -0.2) is 81.3 Å². The van der Waals surface area contributed by atoms with Crippen molar-refractivity contribution in [3.05, 3.63) is 230 Å². The molecule has 0 aromatic heterocycles. The number of rotatable bonds is 3. The molecule has 9 aliphatic rings. The summed E-state index contributed by atoms with van der Waals surface area (Å²) in [7, 11) is 3.42. The number of hydrogen-bond donors (Lipinski definition) is 0. The molecule has 2 amide bonds. The number of piperidine rings is 2. The summed E-state index contributed by atoms with van der Waals surface area (Å²) in [5.74, 6) is 5.75.